The number of fused-ring (bicyclic) bond motifs is 1. The molecule has 3 heteroatoms. The number of ether oxygens (including phenoxy) is 1. The second-order valence-electron chi connectivity index (χ2n) is 8.95. The van der Waals surface area contributed by atoms with Crippen molar-refractivity contribution in [1.82, 2.24) is 0 Å². The molecular weight excluding hydrogens is 330 g/mol. The fourth-order valence-electron chi connectivity index (χ4n) is 6.51. The van der Waals surface area contributed by atoms with Crippen LogP contribution in [0.4, 0.5) is 8.78 Å². The Bertz CT molecular complexity index is 635. The number of rotatable bonds is 4. The first-order valence-electron chi connectivity index (χ1n) is 10.7. The van der Waals surface area contributed by atoms with Crippen molar-refractivity contribution in [1.29, 1.82) is 0 Å². The zero-order chi connectivity index (χ0) is 18.3. The lowest BCUT2D eigenvalue weighted by Gasteiger charge is -2.35. The Balaban J connectivity index is 1.40. The van der Waals surface area contributed by atoms with Gasteiger partial charge in [0, 0.05) is 0 Å². The third-order valence-corrected chi connectivity index (χ3v) is 7.81. The average Bonchev–Trinajstić information content (AvgIpc) is 3.23. The fourth-order valence-corrected chi connectivity index (χ4v) is 6.51. The predicted octanol–water partition coefficient (Wildman–Crippen LogP) is 6.71. The van der Waals surface area contributed by atoms with E-state index in [1.165, 1.54) is 38.5 Å². The minimum Gasteiger partial charge on any atom is -0.491 e. The van der Waals surface area contributed by atoms with Gasteiger partial charge in [-0.15, -0.1) is 0 Å². The SMILES string of the molecule is CCOc1ccc(C2CCC(C3CCC4C(C)CCC43)CC2)c(F)c1F. The summed E-state index contributed by atoms with van der Waals surface area (Å²) in [6.07, 6.45) is 10.0. The maximum atomic E-state index is 14.5. The van der Waals surface area contributed by atoms with Crippen LogP contribution in [0.15, 0.2) is 12.1 Å². The fraction of sp³-hybridized carbons (Fsp3) is 0.739. The molecule has 4 rings (SSSR count). The smallest absolute Gasteiger partial charge is 0.200 e. The van der Waals surface area contributed by atoms with Crippen LogP contribution in [0.1, 0.15) is 76.7 Å². The monoisotopic (exact) mass is 362 g/mol. The molecule has 4 unspecified atom stereocenters. The summed E-state index contributed by atoms with van der Waals surface area (Å²) in [5, 5.41) is 0. The van der Waals surface area contributed by atoms with Gasteiger partial charge in [0.1, 0.15) is 0 Å². The lowest BCUT2D eigenvalue weighted by molar-refractivity contribution is 0.179. The van der Waals surface area contributed by atoms with Gasteiger partial charge in [-0.1, -0.05) is 19.4 Å². The molecule has 1 aromatic rings. The van der Waals surface area contributed by atoms with Crippen molar-refractivity contribution in [2.75, 3.05) is 6.61 Å². The molecule has 0 amide bonds. The van der Waals surface area contributed by atoms with Crippen LogP contribution >= 0.6 is 0 Å². The van der Waals surface area contributed by atoms with Crippen LogP contribution in [0.3, 0.4) is 0 Å². The Morgan fingerprint density at radius 2 is 1.54 bits per heavy atom. The van der Waals surface area contributed by atoms with Gasteiger partial charge in [0.15, 0.2) is 11.6 Å². The summed E-state index contributed by atoms with van der Waals surface area (Å²) in [5.74, 6) is 3.24. The quantitative estimate of drug-likeness (QED) is 0.578. The molecule has 144 valence electrons. The van der Waals surface area contributed by atoms with E-state index in [0.717, 1.165) is 42.4 Å². The van der Waals surface area contributed by atoms with Crippen molar-refractivity contribution < 1.29 is 13.5 Å². The highest BCUT2D eigenvalue weighted by molar-refractivity contribution is 5.33. The van der Waals surface area contributed by atoms with Crippen molar-refractivity contribution >= 4 is 0 Å². The molecule has 1 aromatic carbocycles. The first-order valence-corrected chi connectivity index (χ1v) is 10.7. The highest BCUT2D eigenvalue weighted by Gasteiger charge is 2.46. The summed E-state index contributed by atoms with van der Waals surface area (Å²) in [6.45, 7) is 4.57. The zero-order valence-electron chi connectivity index (χ0n) is 16.1. The van der Waals surface area contributed by atoms with E-state index >= 15 is 0 Å². The van der Waals surface area contributed by atoms with E-state index < -0.39 is 11.6 Å². The summed E-state index contributed by atoms with van der Waals surface area (Å²) in [5.41, 5.74) is 0.559. The van der Waals surface area contributed by atoms with Crippen LogP contribution in [0.2, 0.25) is 0 Å². The second kappa shape index (κ2) is 7.48. The van der Waals surface area contributed by atoms with Crippen LogP contribution in [0.25, 0.3) is 0 Å². The van der Waals surface area contributed by atoms with E-state index in [0.29, 0.717) is 12.2 Å². The van der Waals surface area contributed by atoms with E-state index in [-0.39, 0.29) is 11.7 Å². The highest BCUT2D eigenvalue weighted by Crippen LogP contribution is 2.55. The van der Waals surface area contributed by atoms with Crippen LogP contribution in [-0.2, 0) is 0 Å². The Kier molecular flexibility index (Phi) is 5.25. The minimum atomic E-state index is -0.815. The van der Waals surface area contributed by atoms with Crippen molar-refractivity contribution in [2.45, 2.75) is 71.1 Å². The van der Waals surface area contributed by atoms with E-state index in [9.17, 15) is 8.78 Å². The van der Waals surface area contributed by atoms with Crippen LogP contribution in [0.5, 0.6) is 5.75 Å². The molecule has 3 fully saturated rings. The third kappa shape index (κ3) is 3.16. The molecule has 0 aromatic heterocycles. The van der Waals surface area contributed by atoms with Gasteiger partial charge in [-0.2, -0.15) is 4.39 Å². The molecule has 0 spiro atoms. The number of hydrogen-bond acceptors (Lipinski definition) is 1. The summed E-state index contributed by atoms with van der Waals surface area (Å²) in [4.78, 5) is 0. The van der Waals surface area contributed by atoms with E-state index in [1.807, 2.05) is 0 Å². The summed E-state index contributed by atoms with van der Waals surface area (Å²) in [7, 11) is 0. The van der Waals surface area contributed by atoms with E-state index in [1.54, 1.807) is 19.1 Å². The lowest BCUT2D eigenvalue weighted by atomic mass is 9.70. The Morgan fingerprint density at radius 3 is 2.27 bits per heavy atom. The molecular formula is C23H32F2O. The minimum absolute atomic E-state index is 0.0368. The first kappa shape index (κ1) is 18.3. The van der Waals surface area contributed by atoms with Gasteiger partial charge in [-0.3, -0.25) is 0 Å². The summed E-state index contributed by atoms with van der Waals surface area (Å²) >= 11 is 0. The topological polar surface area (TPSA) is 9.23 Å². The van der Waals surface area contributed by atoms with Gasteiger partial charge < -0.3 is 4.74 Å². The van der Waals surface area contributed by atoms with Gasteiger partial charge >= 0.3 is 0 Å². The highest BCUT2D eigenvalue weighted by atomic mass is 19.2. The van der Waals surface area contributed by atoms with Crippen molar-refractivity contribution in [3.05, 3.63) is 29.3 Å². The van der Waals surface area contributed by atoms with Crippen molar-refractivity contribution in [2.24, 2.45) is 29.6 Å². The molecule has 0 aliphatic heterocycles. The van der Waals surface area contributed by atoms with Crippen molar-refractivity contribution in [3.63, 3.8) is 0 Å². The number of halogens is 2. The average molecular weight is 363 g/mol. The lowest BCUT2D eigenvalue weighted by Crippen LogP contribution is -2.25. The second-order valence-corrected chi connectivity index (χ2v) is 8.95. The zero-order valence-corrected chi connectivity index (χ0v) is 16.1. The molecule has 3 aliphatic carbocycles. The van der Waals surface area contributed by atoms with Gasteiger partial charge in [-0.05, 0) is 99.0 Å². The standard InChI is InChI=1S/C23H32F2O/c1-3-26-21-13-12-19(22(24)23(21)25)16-7-5-15(6-8-16)18-11-10-17-14(2)4-9-20(17)18/h12-18,20H,3-11H2,1-2H3. The molecule has 3 aliphatic rings. The molecule has 0 radical (unpaired) electrons. The molecule has 0 bridgehead atoms. The molecule has 1 nitrogen and oxygen atoms in total. The maximum Gasteiger partial charge on any atom is 0.200 e. The third-order valence-electron chi connectivity index (χ3n) is 7.81. The van der Waals surface area contributed by atoms with Crippen LogP contribution in [0, 0.1) is 41.2 Å². The molecule has 0 N–H and O–H groups in total. The Hall–Kier alpha value is -1.12. The Labute approximate surface area is 156 Å². The first-order chi connectivity index (χ1) is 12.6. The summed E-state index contributed by atoms with van der Waals surface area (Å²) in [6, 6.07) is 3.35. The molecule has 4 atom stereocenters. The van der Waals surface area contributed by atoms with E-state index in [2.05, 4.69) is 6.92 Å². The van der Waals surface area contributed by atoms with Gasteiger partial charge in [0.2, 0.25) is 5.82 Å². The van der Waals surface area contributed by atoms with Crippen LogP contribution < -0.4 is 4.74 Å². The molecule has 3 saturated carbocycles. The largest absolute Gasteiger partial charge is 0.491 e. The number of benzene rings is 1. The van der Waals surface area contributed by atoms with Crippen LogP contribution in [-0.4, -0.2) is 6.61 Å². The predicted molar refractivity (Wildman–Crippen MR) is 100 cm³/mol. The van der Waals surface area contributed by atoms with Gasteiger partial charge in [-0.25, -0.2) is 4.39 Å². The molecule has 26 heavy (non-hydrogen) atoms. The van der Waals surface area contributed by atoms with Gasteiger partial charge in [0.25, 0.3) is 0 Å². The van der Waals surface area contributed by atoms with Crippen molar-refractivity contribution in [3.8, 4) is 5.75 Å². The van der Waals surface area contributed by atoms with Gasteiger partial charge in [0.05, 0.1) is 6.61 Å². The molecule has 0 saturated heterocycles. The summed E-state index contributed by atoms with van der Waals surface area (Å²) < 4.78 is 33.9. The normalized spacial score (nSPS) is 36.9. The number of hydrogen-bond donors (Lipinski definition) is 0. The molecule has 0 heterocycles. The van der Waals surface area contributed by atoms with E-state index in [4.69, 9.17) is 4.74 Å². The Morgan fingerprint density at radius 1 is 0.846 bits per heavy atom. The maximum absolute atomic E-state index is 14.5.